The van der Waals surface area contributed by atoms with Gasteiger partial charge in [0.15, 0.2) is 0 Å². The quantitative estimate of drug-likeness (QED) is 0.706. The molecule has 1 atom stereocenters. The van der Waals surface area contributed by atoms with Gasteiger partial charge in [0.05, 0.1) is 19.2 Å². The highest BCUT2D eigenvalue weighted by molar-refractivity contribution is 7.10. The van der Waals surface area contributed by atoms with Crippen molar-refractivity contribution in [2.24, 2.45) is 0 Å². The van der Waals surface area contributed by atoms with E-state index in [0.29, 0.717) is 24.5 Å². The number of ether oxygens (including phenoxy) is 1. The fourth-order valence-electron chi connectivity index (χ4n) is 2.42. The van der Waals surface area contributed by atoms with Gasteiger partial charge in [0.1, 0.15) is 5.75 Å². The minimum absolute atomic E-state index is 0.0589. The van der Waals surface area contributed by atoms with Crippen LogP contribution in [0.1, 0.15) is 28.2 Å². The summed E-state index contributed by atoms with van der Waals surface area (Å²) in [6.07, 6.45) is 0. The van der Waals surface area contributed by atoms with Crippen LogP contribution in [0.4, 0.5) is 0 Å². The molecule has 0 saturated carbocycles. The number of amides is 2. The SMILES string of the molecule is CCOc1ccc(C(=O)NCC(=O)NC[C@@H](c2cccs2)N(C)C)cc1. The Morgan fingerprint density at radius 2 is 1.88 bits per heavy atom. The van der Waals surface area contributed by atoms with Crippen molar-refractivity contribution in [2.45, 2.75) is 13.0 Å². The average molecular weight is 375 g/mol. The van der Waals surface area contributed by atoms with Gasteiger partial charge in [-0.1, -0.05) is 6.07 Å². The van der Waals surface area contributed by atoms with Crippen LogP contribution in [0.2, 0.25) is 0 Å². The number of nitrogens with zero attached hydrogens (tertiary/aromatic N) is 1. The van der Waals surface area contributed by atoms with Crippen molar-refractivity contribution in [3.8, 4) is 5.75 Å². The summed E-state index contributed by atoms with van der Waals surface area (Å²) in [6.45, 7) is 2.91. The number of rotatable bonds is 9. The van der Waals surface area contributed by atoms with Crippen molar-refractivity contribution >= 4 is 23.2 Å². The van der Waals surface area contributed by atoms with Crippen LogP contribution in [0.25, 0.3) is 0 Å². The highest BCUT2D eigenvalue weighted by atomic mass is 32.1. The van der Waals surface area contributed by atoms with Gasteiger partial charge in [0.25, 0.3) is 5.91 Å². The van der Waals surface area contributed by atoms with Crippen LogP contribution in [-0.4, -0.2) is 50.5 Å². The summed E-state index contributed by atoms with van der Waals surface area (Å²) in [6, 6.07) is 11.0. The average Bonchev–Trinajstić information content (AvgIpc) is 3.15. The first kappa shape index (κ1) is 19.9. The van der Waals surface area contributed by atoms with Gasteiger partial charge < -0.3 is 20.3 Å². The first-order valence-electron chi connectivity index (χ1n) is 8.48. The molecule has 0 unspecified atom stereocenters. The Kier molecular flexibility index (Phi) is 7.62. The third-order valence-electron chi connectivity index (χ3n) is 3.82. The number of thiophene rings is 1. The first-order valence-corrected chi connectivity index (χ1v) is 9.36. The summed E-state index contributed by atoms with van der Waals surface area (Å²) < 4.78 is 5.34. The molecule has 2 amide bonds. The first-order chi connectivity index (χ1) is 12.5. The van der Waals surface area contributed by atoms with Crippen LogP contribution in [-0.2, 0) is 4.79 Å². The molecule has 1 aromatic carbocycles. The second-order valence-corrected chi connectivity index (χ2v) is 6.92. The number of hydrogen-bond donors (Lipinski definition) is 2. The van der Waals surface area contributed by atoms with Crippen molar-refractivity contribution in [3.05, 3.63) is 52.2 Å². The minimum Gasteiger partial charge on any atom is -0.494 e. The lowest BCUT2D eigenvalue weighted by Gasteiger charge is -2.23. The topological polar surface area (TPSA) is 70.7 Å². The molecule has 1 aromatic heterocycles. The molecule has 26 heavy (non-hydrogen) atoms. The largest absolute Gasteiger partial charge is 0.494 e. The van der Waals surface area contributed by atoms with Gasteiger partial charge >= 0.3 is 0 Å². The maximum absolute atomic E-state index is 12.1. The van der Waals surface area contributed by atoms with Gasteiger partial charge in [-0.2, -0.15) is 0 Å². The van der Waals surface area contributed by atoms with Gasteiger partial charge in [0, 0.05) is 17.0 Å². The number of carbonyl (C=O) groups is 2. The summed E-state index contributed by atoms with van der Waals surface area (Å²) in [7, 11) is 3.95. The van der Waals surface area contributed by atoms with Gasteiger partial charge in [-0.3, -0.25) is 9.59 Å². The van der Waals surface area contributed by atoms with E-state index < -0.39 is 0 Å². The monoisotopic (exact) mass is 375 g/mol. The zero-order valence-corrected chi connectivity index (χ0v) is 16.1. The highest BCUT2D eigenvalue weighted by Gasteiger charge is 2.16. The zero-order chi connectivity index (χ0) is 18.9. The van der Waals surface area contributed by atoms with E-state index in [1.54, 1.807) is 35.6 Å². The molecule has 2 N–H and O–H groups in total. The fraction of sp³-hybridized carbons (Fsp3) is 0.368. The second kappa shape index (κ2) is 9.94. The predicted octanol–water partition coefficient (Wildman–Crippen LogP) is 2.30. The second-order valence-electron chi connectivity index (χ2n) is 5.94. The van der Waals surface area contributed by atoms with E-state index in [0.717, 1.165) is 0 Å². The smallest absolute Gasteiger partial charge is 0.251 e. The fourth-order valence-corrected chi connectivity index (χ4v) is 3.35. The number of nitrogens with one attached hydrogen (secondary N) is 2. The Morgan fingerprint density at radius 1 is 1.15 bits per heavy atom. The minimum atomic E-state index is -0.286. The van der Waals surface area contributed by atoms with E-state index in [-0.39, 0.29) is 24.4 Å². The molecule has 0 aliphatic rings. The van der Waals surface area contributed by atoms with Crippen LogP contribution in [0.15, 0.2) is 41.8 Å². The number of benzene rings is 1. The predicted molar refractivity (Wildman–Crippen MR) is 104 cm³/mol. The molecule has 0 spiro atoms. The highest BCUT2D eigenvalue weighted by Crippen LogP contribution is 2.22. The van der Waals surface area contributed by atoms with Crippen molar-refractivity contribution in [1.29, 1.82) is 0 Å². The van der Waals surface area contributed by atoms with Crippen LogP contribution in [0, 0.1) is 0 Å². The summed E-state index contributed by atoms with van der Waals surface area (Å²) >= 11 is 1.66. The Balaban J connectivity index is 1.79. The Hall–Kier alpha value is -2.38. The van der Waals surface area contributed by atoms with Gasteiger partial charge in [-0.25, -0.2) is 0 Å². The Labute approximate surface area is 158 Å². The van der Waals surface area contributed by atoms with Crippen molar-refractivity contribution in [1.82, 2.24) is 15.5 Å². The molecule has 1 heterocycles. The molecule has 7 heteroatoms. The van der Waals surface area contributed by atoms with Crippen molar-refractivity contribution in [2.75, 3.05) is 33.8 Å². The summed E-state index contributed by atoms with van der Waals surface area (Å²) in [4.78, 5) is 27.4. The van der Waals surface area contributed by atoms with E-state index in [2.05, 4.69) is 21.6 Å². The molecule has 0 aliphatic carbocycles. The van der Waals surface area contributed by atoms with Crippen LogP contribution >= 0.6 is 11.3 Å². The molecule has 2 aromatic rings. The van der Waals surface area contributed by atoms with E-state index in [9.17, 15) is 9.59 Å². The molecule has 0 radical (unpaired) electrons. The normalized spacial score (nSPS) is 11.8. The molecular formula is C19H25N3O3S. The number of hydrogen-bond acceptors (Lipinski definition) is 5. The van der Waals surface area contributed by atoms with E-state index in [4.69, 9.17) is 4.74 Å². The molecule has 0 bridgehead atoms. The lowest BCUT2D eigenvalue weighted by molar-refractivity contribution is -0.120. The van der Waals surface area contributed by atoms with Gasteiger partial charge in [0.2, 0.25) is 5.91 Å². The maximum Gasteiger partial charge on any atom is 0.251 e. The van der Waals surface area contributed by atoms with Crippen molar-refractivity contribution in [3.63, 3.8) is 0 Å². The van der Waals surface area contributed by atoms with Gasteiger partial charge in [-0.15, -0.1) is 11.3 Å². The summed E-state index contributed by atoms with van der Waals surface area (Å²) in [5, 5.41) is 7.53. The lowest BCUT2D eigenvalue weighted by Crippen LogP contribution is -2.40. The van der Waals surface area contributed by atoms with E-state index in [1.165, 1.54) is 4.88 Å². The standard InChI is InChI=1S/C19H25N3O3S/c1-4-25-15-9-7-14(8-10-15)19(24)21-13-18(23)20-12-16(22(2)3)17-6-5-11-26-17/h5-11,16H,4,12-13H2,1-3H3,(H,20,23)(H,21,24)/t16-/m0/s1. The van der Waals surface area contributed by atoms with E-state index in [1.807, 2.05) is 32.5 Å². The number of likely N-dealkylation sites (N-methyl/N-ethyl adjacent to an activating group) is 1. The molecule has 0 aliphatic heterocycles. The molecular weight excluding hydrogens is 350 g/mol. The maximum atomic E-state index is 12.1. The van der Waals surface area contributed by atoms with Crippen LogP contribution < -0.4 is 15.4 Å². The van der Waals surface area contributed by atoms with Crippen LogP contribution in [0.5, 0.6) is 5.75 Å². The van der Waals surface area contributed by atoms with Crippen LogP contribution in [0.3, 0.4) is 0 Å². The molecule has 140 valence electrons. The molecule has 0 fully saturated rings. The summed E-state index contributed by atoms with van der Waals surface area (Å²) in [5.41, 5.74) is 0.492. The molecule has 0 saturated heterocycles. The zero-order valence-electron chi connectivity index (χ0n) is 15.3. The van der Waals surface area contributed by atoms with Crippen molar-refractivity contribution < 1.29 is 14.3 Å². The Bertz CT molecular complexity index is 699. The third kappa shape index (κ3) is 5.86. The third-order valence-corrected chi connectivity index (χ3v) is 4.80. The number of carbonyl (C=O) groups excluding carboxylic acids is 2. The van der Waals surface area contributed by atoms with Gasteiger partial charge in [-0.05, 0) is 56.7 Å². The van der Waals surface area contributed by atoms with E-state index >= 15 is 0 Å². The molecule has 2 rings (SSSR count). The summed E-state index contributed by atoms with van der Waals surface area (Å²) in [5.74, 6) is 0.211. The Morgan fingerprint density at radius 3 is 2.46 bits per heavy atom. The molecule has 6 nitrogen and oxygen atoms in total. The lowest BCUT2D eigenvalue weighted by atomic mass is 10.2.